The van der Waals surface area contributed by atoms with Gasteiger partial charge in [0, 0.05) is 6.07 Å². The van der Waals surface area contributed by atoms with Crippen LogP contribution < -0.4 is 0 Å². The van der Waals surface area contributed by atoms with Crippen LogP contribution in [-0.4, -0.2) is 24.7 Å². The third kappa shape index (κ3) is 3.10. The number of hydrogen-bond donors (Lipinski definition) is 1. The van der Waals surface area contributed by atoms with Crippen LogP contribution in [0.5, 0.6) is 0 Å². The Kier molecular flexibility index (Phi) is 3.82. The van der Waals surface area contributed by atoms with Gasteiger partial charge in [0.1, 0.15) is 17.3 Å². The molecule has 6 nitrogen and oxygen atoms in total. The van der Waals surface area contributed by atoms with Crippen LogP contribution in [0.4, 0.5) is 4.39 Å². The molecule has 1 aromatic carbocycles. The number of benzene rings is 1. The molecule has 0 bridgehead atoms. The van der Waals surface area contributed by atoms with E-state index in [1.54, 1.807) is 6.92 Å². The number of rotatable bonds is 4. The number of carboxylic acid groups (broad SMARTS) is 1. The molecule has 0 spiro atoms. The summed E-state index contributed by atoms with van der Waals surface area (Å²) in [5, 5.41) is 12.5. The maximum atomic E-state index is 13.6. The van der Waals surface area contributed by atoms with Crippen molar-refractivity contribution >= 4 is 15.8 Å². The predicted molar refractivity (Wildman–Crippen MR) is 70.2 cm³/mol. The minimum Gasteiger partial charge on any atom is -0.478 e. The van der Waals surface area contributed by atoms with Crippen LogP contribution in [0, 0.1) is 19.7 Å². The minimum atomic E-state index is -3.85. The quantitative estimate of drug-likeness (QED) is 0.868. The van der Waals surface area contributed by atoms with Gasteiger partial charge >= 0.3 is 5.97 Å². The topological polar surface area (TPSA) is 97.5 Å². The number of hydrogen-bond acceptors (Lipinski definition) is 5. The zero-order valence-corrected chi connectivity index (χ0v) is 12.1. The lowest BCUT2D eigenvalue weighted by Gasteiger charge is -2.07. The molecule has 0 fully saturated rings. The molecule has 8 heteroatoms. The molecule has 0 radical (unpaired) electrons. The van der Waals surface area contributed by atoms with Crippen LogP contribution in [-0.2, 0) is 15.6 Å². The second-order valence-electron chi connectivity index (χ2n) is 4.59. The highest BCUT2D eigenvalue weighted by Crippen LogP contribution is 2.22. The zero-order chi connectivity index (χ0) is 15.8. The standard InChI is InChI=1S/C13H12FNO5S/c1-7-3-10(5-11(12(7)14)13(16)17)21(18,19)6-9-4-8(2)20-15-9/h3-5H,6H2,1-2H3,(H,16,17). The maximum absolute atomic E-state index is 13.6. The van der Waals surface area contributed by atoms with Gasteiger partial charge in [0.05, 0.1) is 16.2 Å². The summed E-state index contributed by atoms with van der Waals surface area (Å²) in [6.07, 6.45) is 0. The van der Waals surface area contributed by atoms with Crippen LogP contribution >= 0.6 is 0 Å². The second-order valence-corrected chi connectivity index (χ2v) is 6.58. The Bertz CT molecular complexity index is 810. The highest BCUT2D eigenvalue weighted by Gasteiger charge is 2.22. The highest BCUT2D eigenvalue weighted by atomic mass is 32.2. The van der Waals surface area contributed by atoms with Gasteiger partial charge in [0.25, 0.3) is 0 Å². The summed E-state index contributed by atoms with van der Waals surface area (Å²) < 4.78 is 42.9. The van der Waals surface area contributed by atoms with E-state index in [4.69, 9.17) is 9.63 Å². The van der Waals surface area contributed by atoms with Crippen molar-refractivity contribution in [1.29, 1.82) is 0 Å². The molecule has 0 aliphatic heterocycles. The second kappa shape index (κ2) is 5.28. The van der Waals surface area contributed by atoms with Gasteiger partial charge in [-0.25, -0.2) is 17.6 Å². The van der Waals surface area contributed by atoms with Gasteiger partial charge in [-0.15, -0.1) is 0 Å². The molecule has 1 heterocycles. The van der Waals surface area contributed by atoms with Gasteiger partial charge < -0.3 is 9.63 Å². The normalized spacial score (nSPS) is 11.6. The smallest absolute Gasteiger partial charge is 0.338 e. The first-order valence-electron chi connectivity index (χ1n) is 5.89. The van der Waals surface area contributed by atoms with E-state index >= 15 is 0 Å². The molecule has 1 aromatic heterocycles. The Hall–Kier alpha value is -2.22. The van der Waals surface area contributed by atoms with E-state index in [0.29, 0.717) is 5.76 Å². The molecule has 0 unspecified atom stereocenters. The summed E-state index contributed by atoms with van der Waals surface area (Å²) in [7, 11) is -3.85. The van der Waals surface area contributed by atoms with E-state index in [9.17, 15) is 17.6 Å². The summed E-state index contributed by atoms with van der Waals surface area (Å²) in [4.78, 5) is 10.7. The summed E-state index contributed by atoms with van der Waals surface area (Å²) in [6.45, 7) is 2.93. The van der Waals surface area contributed by atoms with Crippen LogP contribution in [0.15, 0.2) is 27.6 Å². The zero-order valence-electron chi connectivity index (χ0n) is 11.3. The fourth-order valence-corrected chi connectivity index (χ4v) is 3.18. The van der Waals surface area contributed by atoms with Gasteiger partial charge in [0.15, 0.2) is 9.84 Å². The van der Waals surface area contributed by atoms with Crippen LogP contribution in [0.25, 0.3) is 0 Å². The van der Waals surface area contributed by atoms with Gasteiger partial charge in [-0.1, -0.05) is 5.16 Å². The number of halogens is 1. The SMILES string of the molecule is Cc1cc(CS(=O)(=O)c2cc(C)c(F)c(C(=O)O)c2)no1. The van der Waals surface area contributed by atoms with E-state index in [-0.39, 0.29) is 16.2 Å². The highest BCUT2D eigenvalue weighted by molar-refractivity contribution is 7.90. The van der Waals surface area contributed by atoms with E-state index in [2.05, 4.69) is 5.16 Å². The maximum Gasteiger partial charge on any atom is 0.338 e. The third-order valence-corrected chi connectivity index (χ3v) is 4.46. The summed E-state index contributed by atoms with van der Waals surface area (Å²) in [5.41, 5.74) is -0.527. The molecule has 2 aromatic rings. The van der Waals surface area contributed by atoms with Gasteiger partial charge in [-0.05, 0) is 31.5 Å². The van der Waals surface area contributed by atoms with E-state index in [0.717, 1.165) is 12.1 Å². The van der Waals surface area contributed by atoms with Crippen LogP contribution in [0.2, 0.25) is 0 Å². The lowest BCUT2D eigenvalue weighted by atomic mass is 10.1. The molecule has 0 atom stereocenters. The molecule has 0 aliphatic rings. The van der Waals surface area contributed by atoms with Crippen LogP contribution in [0.3, 0.4) is 0 Å². The third-order valence-electron chi connectivity index (χ3n) is 2.83. The molecule has 0 amide bonds. The lowest BCUT2D eigenvalue weighted by molar-refractivity contribution is 0.0691. The number of aryl methyl sites for hydroxylation is 2. The molecular weight excluding hydrogens is 301 g/mol. The van der Waals surface area contributed by atoms with Crippen molar-refractivity contribution in [3.05, 3.63) is 46.6 Å². The number of carboxylic acids is 1. The Labute approximate surface area is 120 Å². The summed E-state index contributed by atoms with van der Waals surface area (Å²) >= 11 is 0. The molecule has 2 rings (SSSR count). The molecule has 112 valence electrons. The number of nitrogens with zero attached hydrogens (tertiary/aromatic N) is 1. The van der Waals surface area contributed by atoms with Crippen molar-refractivity contribution in [3.63, 3.8) is 0 Å². The summed E-state index contributed by atoms with van der Waals surface area (Å²) in [6, 6.07) is 3.38. The van der Waals surface area contributed by atoms with Crippen molar-refractivity contribution in [2.45, 2.75) is 24.5 Å². The summed E-state index contributed by atoms with van der Waals surface area (Å²) in [5.74, 6) is -2.46. The first-order valence-corrected chi connectivity index (χ1v) is 7.54. The van der Waals surface area contributed by atoms with Crippen molar-refractivity contribution in [1.82, 2.24) is 5.16 Å². The average molecular weight is 313 g/mol. The molecule has 21 heavy (non-hydrogen) atoms. The molecule has 0 saturated carbocycles. The fraction of sp³-hybridized carbons (Fsp3) is 0.231. The van der Waals surface area contributed by atoms with Gasteiger partial charge in [0.2, 0.25) is 0 Å². The number of aromatic carboxylic acids is 1. The molecule has 0 saturated heterocycles. The Morgan fingerprint density at radius 1 is 1.33 bits per heavy atom. The van der Waals surface area contributed by atoms with E-state index in [1.165, 1.54) is 13.0 Å². The first kappa shape index (κ1) is 15.2. The molecule has 1 N–H and O–H groups in total. The molecular formula is C13H12FNO5S. The lowest BCUT2D eigenvalue weighted by Crippen LogP contribution is -2.10. The number of aromatic nitrogens is 1. The van der Waals surface area contributed by atoms with Gasteiger partial charge in [-0.3, -0.25) is 0 Å². The predicted octanol–water partition coefficient (Wildman–Crippen LogP) is 2.10. The van der Waals surface area contributed by atoms with Gasteiger partial charge in [-0.2, -0.15) is 0 Å². The number of sulfone groups is 1. The van der Waals surface area contributed by atoms with Crippen molar-refractivity contribution in [3.8, 4) is 0 Å². The van der Waals surface area contributed by atoms with Crippen LogP contribution in [0.1, 0.15) is 27.4 Å². The average Bonchev–Trinajstić information content (AvgIpc) is 2.76. The van der Waals surface area contributed by atoms with Crippen molar-refractivity contribution in [2.24, 2.45) is 0 Å². The van der Waals surface area contributed by atoms with Crippen molar-refractivity contribution in [2.75, 3.05) is 0 Å². The largest absolute Gasteiger partial charge is 0.478 e. The van der Waals surface area contributed by atoms with Crippen molar-refractivity contribution < 1.29 is 27.2 Å². The Morgan fingerprint density at radius 2 is 2.00 bits per heavy atom. The molecule has 0 aliphatic carbocycles. The number of carbonyl (C=O) groups is 1. The minimum absolute atomic E-state index is 0.0511. The van der Waals surface area contributed by atoms with E-state index < -0.39 is 32.9 Å². The van der Waals surface area contributed by atoms with E-state index in [1.807, 2.05) is 0 Å². The fourth-order valence-electron chi connectivity index (χ4n) is 1.84. The Balaban J connectivity index is 2.47. The Morgan fingerprint density at radius 3 is 2.52 bits per heavy atom. The monoisotopic (exact) mass is 313 g/mol. The first-order chi connectivity index (χ1) is 9.70.